The molecule has 112 valence electrons. The molecule has 0 aromatic rings. The van der Waals surface area contributed by atoms with Gasteiger partial charge >= 0.3 is 103 Å². The molecule has 0 spiro atoms. The van der Waals surface area contributed by atoms with Crippen molar-refractivity contribution in [3.63, 3.8) is 0 Å². The molecule has 0 aromatic carbocycles. The molecule has 0 N–H and O–H groups in total. The van der Waals surface area contributed by atoms with Gasteiger partial charge in [-0.15, -0.1) is 0 Å². The maximum atomic E-state index is 4.94. The van der Waals surface area contributed by atoms with E-state index in [-0.39, 0.29) is 0 Å². The fourth-order valence-electron chi connectivity index (χ4n) is 2.19. The molecule has 0 unspecified atom stereocenters. The molecule has 0 aliphatic rings. The van der Waals surface area contributed by atoms with E-state index in [1.54, 1.807) is 18.5 Å². The van der Waals surface area contributed by atoms with E-state index in [2.05, 4.69) is 27.4 Å². The van der Waals surface area contributed by atoms with E-state index >= 15 is 0 Å². The summed E-state index contributed by atoms with van der Waals surface area (Å²) in [5.41, 5.74) is 0. The standard InChI is InChI=1S/C13H31P.Al.3ClH/c1-5-8-11-14(4,12-9-6-2)13-10-7-3;;;;/h14H,5-13H2,1-4H3;;3*1H/q;+3;;;/p-3. The summed E-state index contributed by atoms with van der Waals surface area (Å²) in [6.45, 7) is 9.63. The minimum atomic E-state index is -1.72. The van der Waals surface area contributed by atoms with Gasteiger partial charge in [0.1, 0.15) is 0 Å². The predicted octanol–water partition coefficient (Wildman–Crippen LogP) is 6.45. The van der Waals surface area contributed by atoms with Gasteiger partial charge in [0.15, 0.2) is 0 Å². The van der Waals surface area contributed by atoms with Crippen molar-refractivity contribution >= 4 is 48.8 Å². The molecule has 0 aliphatic carbocycles. The van der Waals surface area contributed by atoms with Crippen LogP contribution in [0.4, 0.5) is 0 Å². The third kappa shape index (κ3) is 17.8. The van der Waals surface area contributed by atoms with E-state index < -0.39 is 18.6 Å². The second-order valence-electron chi connectivity index (χ2n) is 5.37. The monoisotopic (exact) mass is 350 g/mol. The molecule has 0 saturated carbocycles. The summed E-state index contributed by atoms with van der Waals surface area (Å²) in [5.74, 6) is 0. The summed E-state index contributed by atoms with van der Waals surface area (Å²) in [7, 11) is 14.0. The van der Waals surface area contributed by atoms with Gasteiger partial charge in [-0.3, -0.25) is 0 Å². The fourth-order valence-corrected chi connectivity index (χ4v) is 6.56. The van der Waals surface area contributed by atoms with Crippen molar-refractivity contribution in [1.82, 2.24) is 0 Å². The zero-order valence-electron chi connectivity index (χ0n) is 12.6. The van der Waals surface area contributed by atoms with E-state index in [0.29, 0.717) is 0 Å². The smallest absolute Gasteiger partial charge is 0.214 e. The van der Waals surface area contributed by atoms with Gasteiger partial charge in [0.25, 0.3) is 0 Å². The molecule has 0 atom stereocenters. The third-order valence-corrected chi connectivity index (χ3v) is 8.08. The number of hydrogen-bond donors (Lipinski definition) is 0. The molecular weight excluding hydrogens is 320 g/mol. The molecule has 0 radical (unpaired) electrons. The Morgan fingerprint density at radius 2 is 0.944 bits per heavy atom. The molecule has 0 nitrogen and oxygen atoms in total. The van der Waals surface area contributed by atoms with Crippen LogP contribution in [0.5, 0.6) is 0 Å². The van der Waals surface area contributed by atoms with Gasteiger partial charge in [-0.25, -0.2) is 30.1 Å². The van der Waals surface area contributed by atoms with Crippen LogP contribution in [0, 0.1) is 0 Å². The minimum Gasteiger partial charge on any atom is -0.214 e. The molecular formula is C13H31AlCl3P. The average Bonchev–Trinajstić information content (AvgIpc) is 2.31. The number of unbranched alkanes of at least 4 members (excludes halogenated alkanes) is 3. The largest absolute Gasteiger partial charge is 0.643 e. The van der Waals surface area contributed by atoms with Gasteiger partial charge in [0, 0.05) is 0 Å². The van der Waals surface area contributed by atoms with E-state index in [0.717, 1.165) is 0 Å². The SMILES string of the molecule is CCCC[PH](C)(CCCC)CCCC.[Cl][Al]([Cl])[Cl]. The van der Waals surface area contributed by atoms with Crippen molar-refractivity contribution in [2.75, 3.05) is 25.2 Å². The Bertz CT molecular complexity index is 144. The maximum Gasteiger partial charge on any atom is 0.643 e. The van der Waals surface area contributed by atoms with Crippen LogP contribution in [0.2, 0.25) is 0 Å². The first kappa shape index (κ1) is 22.1. The third-order valence-electron chi connectivity index (χ3n) is 3.40. The molecule has 18 heavy (non-hydrogen) atoms. The van der Waals surface area contributed by atoms with Crippen LogP contribution in [0.3, 0.4) is 0 Å². The van der Waals surface area contributed by atoms with Crippen molar-refractivity contribution in [1.29, 1.82) is 0 Å². The number of halogens is 3. The van der Waals surface area contributed by atoms with Crippen LogP contribution in [-0.2, 0) is 0 Å². The fraction of sp³-hybridized carbons (Fsp3) is 1.00. The molecule has 0 rings (SSSR count). The van der Waals surface area contributed by atoms with Crippen LogP contribution < -0.4 is 0 Å². The molecule has 0 heterocycles. The van der Waals surface area contributed by atoms with Gasteiger partial charge in [0.05, 0.1) is 0 Å². The normalized spacial score (nSPS) is 11.7. The Hall–Kier alpha value is 1.83. The Balaban J connectivity index is 0. The van der Waals surface area contributed by atoms with Gasteiger partial charge in [-0.1, -0.05) is 0 Å². The van der Waals surface area contributed by atoms with E-state index in [1.165, 1.54) is 38.5 Å². The van der Waals surface area contributed by atoms with Gasteiger partial charge < -0.3 is 0 Å². The van der Waals surface area contributed by atoms with Crippen LogP contribution in [0.1, 0.15) is 59.3 Å². The Kier molecular flexibility index (Phi) is 18.7. The second kappa shape index (κ2) is 15.2. The van der Waals surface area contributed by atoms with E-state index in [4.69, 9.17) is 30.1 Å². The van der Waals surface area contributed by atoms with Crippen molar-refractivity contribution < 1.29 is 0 Å². The van der Waals surface area contributed by atoms with Crippen molar-refractivity contribution in [2.24, 2.45) is 0 Å². The quantitative estimate of drug-likeness (QED) is 0.330. The Labute approximate surface area is 132 Å². The van der Waals surface area contributed by atoms with Crippen LogP contribution in [0.25, 0.3) is 0 Å². The van der Waals surface area contributed by atoms with Gasteiger partial charge in [-0.2, -0.15) is 0 Å². The van der Waals surface area contributed by atoms with E-state index in [1.807, 2.05) is 0 Å². The zero-order chi connectivity index (χ0) is 14.4. The zero-order valence-corrected chi connectivity index (χ0v) is 17.0. The van der Waals surface area contributed by atoms with Crippen LogP contribution in [0.15, 0.2) is 0 Å². The summed E-state index contributed by atoms with van der Waals surface area (Å²) in [6.07, 6.45) is 13.4. The van der Waals surface area contributed by atoms with Crippen LogP contribution >= 0.6 is 37.4 Å². The van der Waals surface area contributed by atoms with Gasteiger partial charge in [0.2, 0.25) is 0 Å². The van der Waals surface area contributed by atoms with Crippen molar-refractivity contribution in [3.8, 4) is 0 Å². The summed E-state index contributed by atoms with van der Waals surface area (Å²) < 4.78 is 0. The maximum absolute atomic E-state index is 4.94. The first-order chi connectivity index (χ1) is 8.41. The molecule has 0 bridgehead atoms. The number of hydrogen-bond acceptors (Lipinski definition) is 0. The van der Waals surface area contributed by atoms with Crippen molar-refractivity contribution in [2.45, 2.75) is 59.3 Å². The summed E-state index contributed by atoms with van der Waals surface area (Å²) in [4.78, 5) is 0. The predicted molar refractivity (Wildman–Crippen MR) is 96.9 cm³/mol. The van der Waals surface area contributed by atoms with E-state index in [9.17, 15) is 0 Å². The summed E-state index contributed by atoms with van der Waals surface area (Å²) >= 11 is -1.72. The summed E-state index contributed by atoms with van der Waals surface area (Å²) in [5, 5.41) is 0. The topological polar surface area (TPSA) is 0 Å². The molecule has 0 amide bonds. The number of rotatable bonds is 9. The minimum absolute atomic E-state index is 0.812. The Morgan fingerprint density at radius 1 is 0.722 bits per heavy atom. The molecule has 0 fully saturated rings. The molecule has 0 aliphatic heterocycles. The molecule has 5 heteroatoms. The first-order valence-corrected chi connectivity index (χ1v) is 15.7. The molecule has 0 saturated heterocycles. The second-order valence-corrected chi connectivity index (χ2v) is 16.9. The summed E-state index contributed by atoms with van der Waals surface area (Å²) in [6, 6.07) is 0. The van der Waals surface area contributed by atoms with Crippen LogP contribution in [-0.4, -0.2) is 36.5 Å². The average molecular weight is 352 g/mol. The van der Waals surface area contributed by atoms with Crippen molar-refractivity contribution in [3.05, 3.63) is 0 Å². The Morgan fingerprint density at radius 3 is 1.11 bits per heavy atom. The first-order valence-electron chi connectivity index (χ1n) is 7.34. The molecule has 0 aromatic heterocycles. The van der Waals surface area contributed by atoms with Gasteiger partial charge in [-0.05, 0) is 0 Å².